The summed E-state index contributed by atoms with van der Waals surface area (Å²) in [6.07, 6.45) is 1.74. The molecule has 0 saturated carbocycles. The van der Waals surface area contributed by atoms with Gasteiger partial charge >= 0.3 is 6.61 Å². The van der Waals surface area contributed by atoms with E-state index in [4.69, 9.17) is 10.5 Å². The van der Waals surface area contributed by atoms with Crippen LogP contribution < -0.4 is 15.2 Å². The van der Waals surface area contributed by atoms with Gasteiger partial charge in [-0.3, -0.25) is 9.59 Å². The summed E-state index contributed by atoms with van der Waals surface area (Å²) in [5.74, 6) is -0.398. The van der Waals surface area contributed by atoms with Crippen molar-refractivity contribution in [2.75, 3.05) is 20.2 Å². The van der Waals surface area contributed by atoms with Crippen molar-refractivity contribution in [3.8, 4) is 11.5 Å². The van der Waals surface area contributed by atoms with Gasteiger partial charge in [-0.15, -0.1) is 0 Å². The number of hydrogen-bond acceptors (Lipinski definition) is 4. The van der Waals surface area contributed by atoms with Gasteiger partial charge in [-0.1, -0.05) is 0 Å². The summed E-state index contributed by atoms with van der Waals surface area (Å²) in [6.45, 7) is -1.92. The molecule has 1 aliphatic heterocycles. The molecule has 2 N–H and O–H groups in total. The molecular formula is C16H20F2N2O4. The number of carbonyl (C=O) groups is 2. The molecule has 0 bridgehead atoms. The number of primary amides is 1. The van der Waals surface area contributed by atoms with E-state index >= 15 is 0 Å². The summed E-state index contributed by atoms with van der Waals surface area (Å²) >= 11 is 0. The molecule has 0 aromatic heterocycles. The average Bonchev–Trinajstić information content (AvgIpc) is 2.54. The van der Waals surface area contributed by atoms with Gasteiger partial charge < -0.3 is 20.1 Å². The summed E-state index contributed by atoms with van der Waals surface area (Å²) in [7, 11) is 1.32. The van der Waals surface area contributed by atoms with Crippen molar-refractivity contribution in [1.82, 2.24) is 4.90 Å². The molecular weight excluding hydrogens is 322 g/mol. The molecule has 0 unspecified atom stereocenters. The highest BCUT2D eigenvalue weighted by atomic mass is 19.3. The predicted octanol–water partition coefficient (Wildman–Crippen LogP) is 2.02. The van der Waals surface area contributed by atoms with E-state index in [-0.39, 0.29) is 29.2 Å². The number of likely N-dealkylation sites (tertiary alicyclic amines) is 1. The van der Waals surface area contributed by atoms with E-state index in [2.05, 4.69) is 4.74 Å². The Morgan fingerprint density at radius 3 is 2.50 bits per heavy atom. The van der Waals surface area contributed by atoms with Gasteiger partial charge in [-0.05, 0) is 37.0 Å². The summed E-state index contributed by atoms with van der Waals surface area (Å²) in [6, 6.07) is 4.10. The van der Waals surface area contributed by atoms with E-state index in [9.17, 15) is 18.4 Å². The highest BCUT2D eigenvalue weighted by molar-refractivity contribution is 5.95. The second-order valence-corrected chi connectivity index (χ2v) is 5.65. The lowest BCUT2D eigenvalue weighted by molar-refractivity contribution is -0.119. The van der Waals surface area contributed by atoms with Gasteiger partial charge in [0.15, 0.2) is 11.5 Å². The van der Waals surface area contributed by atoms with E-state index in [0.717, 1.165) is 0 Å². The van der Waals surface area contributed by atoms with Crippen LogP contribution in [0.5, 0.6) is 11.5 Å². The molecule has 0 atom stereocenters. The number of alkyl halides is 2. The quantitative estimate of drug-likeness (QED) is 0.857. The lowest BCUT2D eigenvalue weighted by Gasteiger charge is -2.31. The van der Waals surface area contributed by atoms with Crippen molar-refractivity contribution in [2.45, 2.75) is 25.9 Å². The first-order chi connectivity index (χ1) is 11.4. The van der Waals surface area contributed by atoms with Gasteiger partial charge in [0.1, 0.15) is 0 Å². The van der Waals surface area contributed by atoms with Crippen molar-refractivity contribution in [1.29, 1.82) is 0 Å². The molecule has 0 aliphatic carbocycles. The zero-order chi connectivity index (χ0) is 17.7. The standard InChI is InChI=1S/C16H20F2N2O4/c1-23-13-9-11(2-3-12(13)24-16(17)18)15(22)20-6-4-10(5-7-20)8-14(19)21/h2-3,9-10,16H,4-8H2,1H3,(H2,19,21). The molecule has 8 heteroatoms. The molecule has 1 aromatic carbocycles. The smallest absolute Gasteiger partial charge is 0.387 e. The molecule has 6 nitrogen and oxygen atoms in total. The number of rotatable bonds is 6. The monoisotopic (exact) mass is 342 g/mol. The average molecular weight is 342 g/mol. The fourth-order valence-corrected chi connectivity index (χ4v) is 2.80. The van der Waals surface area contributed by atoms with Gasteiger partial charge in [0.05, 0.1) is 7.11 Å². The second-order valence-electron chi connectivity index (χ2n) is 5.65. The predicted molar refractivity (Wildman–Crippen MR) is 82.1 cm³/mol. The lowest BCUT2D eigenvalue weighted by atomic mass is 9.93. The molecule has 1 heterocycles. The zero-order valence-corrected chi connectivity index (χ0v) is 13.3. The summed E-state index contributed by atoms with van der Waals surface area (Å²) < 4.78 is 34.0. The van der Waals surface area contributed by atoms with Gasteiger partial charge in [0, 0.05) is 25.1 Å². The van der Waals surface area contributed by atoms with Crippen molar-refractivity contribution in [3.05, 3.63) is 23.8 Å². The number of methoxy groups -OCH3 is 1. The Kier molecular flexibility index (Phi) is 5.94. The molecule has 0 spiro atoms. The Labute approximate surface area is 138 Å². The van der Waals surface area contributed by atoms with Gasteiger partial charge in [-0.2, -0.15) is 8.78 Å². The van der Waals surface area contributed by atoms with E-state index in [1.54, 1.807) is 4.90 Å². The first kappa shape index (κ1) is 18.0. The van der Waals surface area contributed by atoms with Crippen LogP contribution in [-0.4, -0.2) is 43.5 Å². The maximum absolute atomic E-state index is 12.5. The van der Waals surface area contributed by atoms with E-state index in [1.807, 2.05) is 0 Å². The van der Waals surface area contributed by atoms with Gasteiger partial charge in [0.25, 0.3) is 5.91 Å². The first-order valence-corrected chi connectivity index (χ1v) is 7.61. The van der Waals surface area contributed by atoms with Crippen LogP contribution in [-0.2, 0) is 4.79 Å². The number of halogens is 2. The Morgan fingerprint density at radius 1 is 1.29 bits per heavy atom. The van der Waals surface area contributed by atoms with Crippen molar-refractivity contribution in [2.24, 2.45) is 11.7 Å². The van der Waals surface area contributed by atoms with Gasteiger partial charge in [-0.25, -0.2) is 0 Å². The second kappa shape index (κ2) is 7.94. The Morgan fingerprint density at radius 2 is 1.96 bits per heavy atom. The Hall–Kier alpha value is -2.38. The van der Waals surface area contributed by atoms with Crippen LogP contribution in [0, 0.1) is 5.92 Å². The van der Waals surface area contributed by atoms with Crippen LogP contribution >= 0.6 is 0 Å². The fourth-order valence-electron chi connectivity index (χ4n) is 2.80. The first-order valence-electron chi connectivity index (χ1n) is 7.61. The molecule has 1 saturated heterocycles. The number of ether oxygens (including phenoxy) is 2. The molecule has 24 heavy (non-hydrogen) atoms. The van der Waals surface area contributed by atoms with Crippen molar-refractivity contribution in [3.63, 3.8) is 0 Å². The normalized spacial score (nSPS) is 15.4. The summed E-state index contributed by atoms with van der Waals surface area (Å²) in [5.41, 5.74) is 5.53. The number of hydrogen-bond donors (Lipinski definition) is 1. The van der Waals surface area contributed by atoms with E-state index < -0.39 is 6.61 Å². The molecule has 0 radical (unpaired) electrons. The number of carbonyl (C=O) groups excluding carboxylic acids is 2. The third-order valence-corrected chi connectivity index (χ3v) is 4.02. The van der Waals surface area contributed by atoms with Crippen molar-refractivity contribution < 1.29 is 27.8 Å². The molecule has 2 rings (SSSR count). The minimum Gasteiger partial charge on any atom is -0.493 e. The van der Waals surface area contributed by atoms with Gasteiger partial charge in [0.2, 0.25) is 5.91 Å². The third-order valence-electron chi connectivity index (χ3n) is 4.02. The topological polar surface area (TPSA) is 81.9 Å². The molecule has 1 aliphatic rings. The molecule has 132 valence electrons. The summed E-state index contributed by atoms with van der Waals surface area (Å²) in [5, 5.41) is 0. The maximum atomic E-state index is 12.5. The molecule has 2 amide bonds. The number of nitrogens with zero attached hydrogens (tertiary/aromatic N) is 1. The molecule has 1 aromatic rings. The number of nitrogens with two attached hydrogens (primary N) is 1. The van der Waals surface area contributed by atoms with Crippen molar-refractivity contribution >= 4 is 11.8 Å². The largest absolute Gasteiger partial charge is 0.493 e. The van der Waals surface area contributed by atoms with Crippen LogP contribution in [0.4, 0.5) is 8.78 Å². The van der Waals surface area contributed by atoms with Crippen LogP contribution in [0.15, 0.2) is 18.2 Å². The highest BCUT2D eigenvalue weighted by Gasteiger charge is 2.25. The fraction of sp³-hybridized carbons (Fsp3) is 0.500. The number of benzene rings is 1. The number of amides is 2. The van der Waals surface area contributed by atoms with Crippen LogP contribution in [0.3, 0.4) is 0 Å². The minimum absolute atomic E-state index is 0.0739. The number of piperidine rings is 1. The Bertz CT molecular complexity index is 602. The maximum Gasteiger partial charge on any atom is 0.387 e. The zero-order valence-electron chi connectivity index (χ0n) is 13.3. The van der Waals surface area contributed by atoms with Crippen LogP contribution in [0.25, 0.3) is 0 Å². The minimum atomic E-state index is -2.97. The Balaban J connectivity index is 2.03. The SMILES string of the molecule is COc1cc(C(=O)N2CCC(CC(N)=O)CC2)ccc1OC(F)F. The highest BCUT2D eigenvalue weighted by Crippen LogP contribution is 2.30. The molecule has 1 fully saturated rings. The van der Waals surface area contributed by atoms with Crippen LogP contribution in [0.1, 0.15) is 29.6 Å². The van der Waals surface area contributed by atoms with E-state index in [0.29, 0.717) is 37.9 Å². The summed E-state index contributed by atoms with van der Waals surface area (Å²) in [4.78, 5) is 25.1. The van der Waals surface area contributed by atoms with E-state index in [1.165, 1.54) is 25.3 Å². The third kappa shape index (κ3) is 4.56. The van der Waals surface area contributed by atoms with Crippen LogP contribution in [0.2, 0.25) is 0 Å². The lowest BCUT2D eigenvalue weighted by Crippen LogP contribution is -2.39.